The highest BCUT2D eigenvalue weighted by atomic mass is 32.2. The molecule has 2 aromatic carbocycles. The monoisotopic (exact) mass is 347 g/mol. The number of aromatic hydroxyl groups is 1. The molecule has 126 valence electrons. The molecule has 7 heteroatoms. The zero-order chi connectivity index (χ0) is 17.5. The number of non-ortho nitro benzene ring substituents is 1. The van der Waals surface area contributed by atoms with Crippen molar-refractivity contribution in [3.05, 3.63) is 58.1 Å². The third-order valence-corrected chi connectivity index (χ3v) is 4.20. The van der Waals surface area contributed by atoms with E-state index in [1.165, 1.54) is 30.0 Å². The van der Waals surface area contributed by atoms with E-state index >= 15 is 0 Å². The lowest BCUT2D eigenvalue weighted by atomic mass is 10.2. The molecule has 1 N–H and O–H groups in total. The largest absolute Gasteiger partial charge is 0.507 e. The number of rotatable bonds is 7. The first-order chi connectivity index (χ1) is 11.5. The lowest BCUT2D eigenvalue weighted by Gasteiger charge is -2.08. The highest BCUT2D eigenvalue weighted by molar-refractivity contribution is 7.99. The Bertz CT molecular complexity index is 730. The van der Waals surface area contributed by atoms with E-state index in [1.807, 2.05) is 6.92 Å². The van der Waals surface area contributed by atoms with Crippen molar-refractivity contribution >= 4 is 23.4 Å². The smallest absolute Gasteiger partial charge is 0.341 e. The van der Waals surface area contributed by atoms with E-state index in [9.17, 15) is 20.0 Å². The van der Waals surface area contributed by atoms with Gasteiger partial charge in [0.2, 0.25) is 0 Å². The fraction of sp³-hybridized carbons (Fsp3) is 0.235. The molecular formula is C17H17NO5S. The number of carbonyl (C=O) groups is 1. The topological polar surface area (TPSA) is 89.7 Å². The van der Waals surface area contributed by atoms with Gasteiger partial charge in [0, 0.05) is 21.9 Å². The summed E-state index contributed by atoms with van der Waals surface area (Å²) in [7, 11) is 0. The van der Waals surface area contributed by atoms with Gasteiger partial charge in [-0.2, -0.15) is 0 Å². The number of nitrogens with zero attached hydrogens (tertiary/aromatic N) is 1. The zero-order valence-corrected chi connectivity index (χ0v) is 13.9. The molecule has 0 aliphatic heterocycles. The first kappa shape index (κ1) is 17.8. The van der Waals surface area contributed by atoms with E-state index in [4.69, 9.17) is 4.74 Å². The molecule has 0 aliphatic carbocycles. The number of hydrogen-bond donors (Lipinski definition) is 1. The standard InChI is InChI=1S/C17H17NO5S/c1-2-3-10-23-17(20)15-11-14(8-9-16(15)19)24-13-6-4-12(5-7-13)18(21)22/h4-9,11,19H,2-3,10H2,1H3. The van der Waals surface area contributed by atoms with Gasteiger partial charge in [0.05, 0.1) is 11.5 Å². The number of phenols is 1. The number of nitro groups is 1. The normalized spacial score (nSPS) is 10.4. The molecule has 0 saturated carbocycles. The van der Waals surface area contributed by atoms with Crippen LogP contribution in [-0.4, -0.2) is 22.6 Å². The number of hydrogen-bond acceptors (Lipinski definition) is 6. The summed E-state index contributed by atoms with van der Waals surface area (Å²) in [5.41, 5.74) is 0.128. The van der Waals surface area contributed by atoms with E-state index in [1.54, 1.807) is 24.3 Å². The molecule has 0 aliphatic rings. The lowest BCUT2D eigenvalue weighted by molar-refractivity contribution is -0.384. The van der Waals surface area contributed by atoms with Crippen LogP contribution in [0.3, 0.4) is 0 Å². The highest BCUT2D eigenvalue weighted by Gasteiger charge is 2.14. The van der Waals surface area contributed by atoms with Gasteiger partial charge in [-0.15, -0.1) is 0 Å². The lowest BCUT2D eigenvalue weighted by Crippen LogP contribution is -2.06. The summed E-state index contributed by atoms with van der Waals surface area (Å²) in [5.74, 6) is -0.698. The third kappa shape index (κ3) is 4.73. The highest BCUT2D eigenvalue weighted by Crippen LogP contribution is 2.32. The molecule has 6 nitrogen and oxygen atoms in total. The van der Waals surface area contributed by atoms with Gasteiger partial charge in [-0.3, -0.25) is 10.1 Å². The third-order valence-electron chi connectivity index (χ3n) is 3.20. The summed E-state index contributed by atoms with van der Waals surface area (Å²) in [6.07, 6.45) is 1.68. The molecule has 0 amide bonds. The molecule has 24 heavy (non-hydrogen) atoms. The average molecular weight is 347 g/mol. The van der Waals surface area contributed by atoms with Crippen LogP contribution < -0.4 is 0 Å². The SMILES string of the molecule is CCCCOC(=O)c1cc(Sc2ccc([N+](=O)[O-])cc2)ccc1O. The fourth-order valence-electron chi connectivity index (χ4n) is 1.90. The number of carbonyl (C=O) groups excluding carboxylic acids is 1. The minimum absolute atomic E-state index is 0.0187. The molecule has 0 radical (unpaired) electrons. The second kappa shape index (κ2) is 8.35. The Morgan fingerprint density at radius 2 is 1.88 bits per heavy atom. The van der Waals surface area contributed by atoms with Gasteiger partial charge in [-0.05, 0) is 36.8 Å². The van der Waals surface area contributed by atoms with Gasteiger partial charge < -0.3 is 9.84 Å². The zero-order valence-electron chi connectivity index (χ0n) is 13.1. The maximum absolute atomic E-state index is 12.0. The second-order valence-electron chi connectivity index (χ2n) is 5.02. The van der Waals surface area contributed by atoms with Crippen LogP contribution >= 0.6 is 11.8 Å². The van der Waals surface area contributed by atoms with Crippen molar-refractivity contribution in [3.63, 3.8) is 0 Å². The van der Waals surface area contributed by atoms with Gasteiger partial charge in [0.1, 0.15) is 11.3 Å². The Labute approximate surface area is 143 Å². The molecular weight excluding hydrogens is 330 g/mol. The average Bonchev–Trinajstić information content (AvgIpc) is 2.57. The number of unbranched alkanes of at least 4 members (excludes halogenated alkanes) is 1. The molecule has 2 aromatic rings. The van der Waals surface area contributed by atoms with E-state index in [2.05, 4.69) is 0 Å². The van der Waals surface area contributed by atoms with Crippen LogP contribution in [0.25, 0.3) is 0 Å². The van der Waals surface area contributed by atoms with E-state index in [0.29, 0.717) is 6.61 Å². The van der Waals surface area contributed by atoms with E-state index < -0.39 is 10.9 Å². The number of ether oxygens (including phenoxy) is 1. The van der Waals surface area contributed by atoms with Gasteiger partial charge in [-0.1, -0.05) is 25.1 Å². The molecule has 0 atom stereocenters. The van der Waals surface area contributed by atoms with Gasteiger partial charge >= 0.3 is 5.97 Å². The van der Waals surface area contributed by atoms with Crippen molar-refractivity contribution in [2.75, 3.05) is 6.61 Å². The number of phenolic OH excluding ortho intramolecular Hbond substituents is 1. The van der Waals surface area contributed by atoms with Gasteiger partial charge in [0.15, 0.2) is 0 Å². The second-order valence-corrected chi connectivity index (χ2v) is 6.17. The van der Waals surface area contributed by atoms with Crippen molar-refractivity contribution in [1.29, 1.82) is 0 Å². The van der Waals surface area contributed by atoms with Crippen LogP contribution in [0.2, 0.25) is 0 Å². The molecule has 0 spiro atoms. The van der Waals surface area contributed by atoms with Crippen molar-refractivity contribution in [1.82, 2.24) is 0 Å². The molecule has 0 fully saturated rings. The van der Waals surface area contributed by atoms with Crippen LogP contribution in [0.5, 0.6) is 5.75 Å². The van der Waals surface area contributed by atoms with Crippen molar-refractivity contribution < 1.29 is 19.6 Å². The number of esters is 1. The Balaban J connectivity index is 2.12. The van der Waals surface area contributed by atoms with Crippen LogP contribution in [0.4, 0.5) is 5.69 Å². The maximum Gasteiger partial charge on any atom is 0.341 e. The van der Waals surface area contributed by atoms with E-state index in [0.717, 1.165) is 22.6 Å². The van der Waals surface area contributed by atoms with Gasteiger partial charge in [0.25, 0.3) is 5.69 Å². The summed E-state index contributed by atoms with van der Waals surface area (Å²) in [5, 5.41) is 20.5. The van der Waals surface area contributed by atoms with Crippen molar-refractivity contribution in [2.24, 2.45) is 0 Å². The first-order valence-electron chi connectivity index (χ1n) is 7.43. The minimum Gasteiger partial charge on any atom is -0.507 e. The fourth-order valence-corrected chi connectivity index (χ4v) is 2.76. The Hall–Kier alpha value is -2.54. The summed E-state index contributed by atoms with van der Waals surface area (Å²) in [4.78, 5) is 23.7. The summed E-state index contributed by atoms with van der Waals surface area (Å²) in [6.45, 7) is 2.31. The number of benzene rings is 2. The predicted molar refractivity (Wildman–Crippen MR) is 90.5 cm³/mol. The van der Waals surface area contributed by atoms with Gasteiger partial charge in [-0.25, -0.2) is 4.79 Å². The van der Waals surface area contributed by atoms with E-state index in [-0.39, 0.29) is 17.0 Å². The molecule has 0 bridgehead atoms. The van der Waals surface area contributed by atoms with Crippen molar-refractivity contribution in [3.8, 4) is 5.75 Å². The molecule has 2 rings (SSSR count). The van der Waals surface area contributed by atoms with Crippen molar-refractivity contribution in [2.45, 2.75) is 29.6 Å². The molecule has 0 unspecified atom stereocenters. The Morgan fingerprint density at radius 1 is 1.21 bits per heavy atom. The minimum atomic E-state index is -0.563. The van der Waals surface area contributed by atoms with Crippen LogP contribution in [-0.2, 0) is 4.74 Å². The van der Waals surface area contributed by atoms with Crippen LogP contribution in [0.1, 0.15) is 30.1 Å². The van der Waals surface area contributed by atoms with Crippen LogP contribution in [0, 0.1) is 10.1 Å². The summed E-state index contributed by atoms with van der Waals surface area (Å²) in [6, 6.07) is 10.8. The Morgan fingerprint density at radius 3 is 2.50 bits per heavy atom. The number of nitro benzene ring substituents is 1. The molecule has 0 saturated heterocycles. The Kier molecular flexibility index (Phi) is 6.20. The first-order valence-corrected chi connectivity index (χ1v) is 8.25. The quantitative estimate of drug-likeness (QED) is 0.345. The molecule has 0 aromatic heterocycles. The summed E-state index contributed by atoms with van der Waals surface area (Å²) < 4.78 is 5.11. The predicted octanol–water partition coefficient (Wildman–Crippen LogP) is 4.41. The maximum atomic E-state index is 12.0. The van der Waals surface area contributed by atoms with Crippen LogP contribution in [0.15, 0.2) is 52.3 Å². The summed E-state index contributed by atoms with van der Waals surface area (Å²) >= 11 is 1.34. The molecule has 0 heterocycles.